The van der Waals surface area contributed by atoms with Gasteiger partial charge in [-0.25, -0.2) is 13.8 Å². The summed E-state index contributed by atoms with van der Waals surface area (Å²) in [7, 11) is 0. The lowest BCUT2D eigenvalue weighted by Crippen LogP contribution is -2.11. The fourth-order valence-electron chi connectivity index (χ4n) is 1.23. The number of hydrogen-bond acceptors (Lipinski definition) is 2. The largest absolute Gasteiger partial charge is 0.444 e. The summed E-state index contributed by atoms with van der Waals surface area (Å²) in [4.78, 5) is 3.89. The van der Waals surface area contributed by atoms with Crippen LogP contribution in [0, 0.1) is 0 Å². The van der Waals surface area contributed by atoms with Crippen molar-refractivity contribution in [2.75, 3.05) is 0 Å². The molecule has 0 bridgehead atoms. The summed E-state index contributed by atoms with van der Waals surface area (Å²) in [6.45, 7) is 9.30. The van der Waals surface area contributed by atoms with Crippen molar-refractivity contribution >= 4 is 0 Å². The topological polar surface area (TPSA) is 26.0 Å². The zero-order chi connectivity index (χ0) is 11.8. The van der Waals surface area contributed by atoms with Crippen LogP contribution in [0.4, 0.5) is 8.78 Å². The van der Waals surface area contributed by atoms with Crippen molar-refractivity contribution in [2.24, 2.45) is 0 Å². The molecule has 0 spiro atoms. The SMILES string of the molecule is CC(C)c1oc(C(C)(C)C)nc1C(F)F. The minimum absolute atomic E-state index is 0.0717. The van der Waals surface area contributed by atoms with Crippen molar-refractivity contribution in [3.8, 4) is 0 Å². The Morgan fingerprint density at radius 3 is 2.00 bits per heavy atom. The van der Waals surface area contributed by atoms with E-state index in [-0.39, 0.29) is 17.0 Å². The van der Waals surface area contributed by atoms with Crippen molar-refractivity contribution in [1.29, 1.82) is 0 Å². The van der Waals surface area contributed by atoms with E-state index < -0.39 is 6.43 Å². The first-order chi connectivity index (χ1) is 6.73. The molecule has 0 atom stereocenters. The first-order valence-electron chi connectivity index (χ1n) is 5.02. The summed E-state index contributed by atoms with van der Waals surface area (Å²) in [5.41, 5.74) is -0.550. The van der Waals surface area contributed by atoms with Crippen molar-refractivity contribution in [1.82, 2.24) is 4.98 Å². The van der Waals surface area contributed by atoms with Crippen LogP contribution >= 0.6 is 0 Å². The quantitative estimate of drug-likeness (QED) is 0.747. The van der Waals surface area contributed by atoms with E-state index in [4.69, 9.17) is 4.42 Å². The van der Waals surface area contributed by atoms with Gasteiger partial charge >= 0.3 is 0 Å². The summed E-state index contributed by atoms with van der Waals surface area (Å²) in [5.74, 6) is 0.606. The molecule has 0 saturated heterocycles. The molecule has 0 aliphatic rings. The fourth-order valence-corrected chi connectivity index (χ4v) is 1.23. The molecule has 0 fully saturated rings. The number of nitrogens with zero attached hydrogens (tertiary/aromatic N) is 1. The fraction of sp³-hybridized carbons (Fsp3) is 0.727. The van der Waals surface area contributed by atoms with E-state index in [9.17, 15) is 8.78 Å². The third kappa shape index (κ3) is 2.55. The summed E-state index contributed by atoms with van der Waals surface area (Å²) in [6, 6.07) is 0. The highest BCUT2D eigenvalue weighted by Gasteiger charge is 2.28. The van der Waals surface area contributed by atoms with Gasteiger partial charge in [0.1, 0.15) is 11.5 Å². The molecule has 1 rings (SSSR count). The van der Waals surface area contributed by atoms with E-state index in [0.717, 1.165) is 0 Å². The molecule has 2 nitrogen and oxygen atoms in total. The highest BCUT2D eigenvalue weighted by atomic mass is 19.3. The second kappa shape index (κ2) is 3.91. The minimum atomic E-state index is -2.57. The molecular formula is C11H17F2NO. The van der Waals surface area contributed by atoms with Crippen LogP contribution in [0.5, 0.6) is 0 Å². The summed E-state index contributed by atoms with van der Waals surface area (Å²) in [5, 5.41) is 0. The molecular weight excluding hydrogens is 200 g/mol. The van der Waals surface area contributed by atoms with Crippen molar-refractivity contribution < 1.29 is 13.2 Å². The summed E-state index contributed by atoms with van der Waals surface area (Å²) in [6.07, 6.45) is -2.57. The van der Waals surface area contributed by atoms with Gasteiger partial charge in [0.05, 0.1) is 0 Å². The molecule has 0 aromatic carbocycles. The molecule has 0 aliphatic heterocycles. The zero-order valence-corrected chi connectivity index (χ0v) is 9.77. The standard InChI is InChI=1S/C11H17F2NO/c1-6(2)8-7(9(12)13)14-10(15-8)11(3,4)5/h6,9H,1-5H3. The van der Waals surface area contributed by atoms with Gasteiger partial charge in [-0.1, -0.05) is 34.6 Å². The lowest BCUT2D eigenvalue weighted by molar-refractivity contribution is 0.143. The van der Waals surface area contributed by atoms with Crippen LogP contribution in [0.25, 0.3) is 0 Å². The Labute approximate surface area is 88.7 Å². The highest BCUT2D eigenvalue weighted by Crippen LogP contribution is 2.32. The maximum absolute atomic E-state index is 12.7. The van der Waals surface area contributed by atoms with Gasteiger partial charge < -0.3 is 4.42 Å². The molecule has 0 amide bonds. The van der Waals surface area contributed by atoms with E-state index in [1.807, 2.05) is 34.6 Å². The summed E-state index contributed by atoms with van der Waals surface area (Å²) < 4.78 is 30.7. The Balaban J connectivity index is 3.21. The van der Waals surface area contributed by atoms with Crippen LogP contribution in [0.2, 0.25) is 0 Å². The summed E-state index contributed by atoms with van der Waals surface area (Å²) >= 11 is 0. The molecule has 0 aliphatic carbocycles. The van der Waals surface area contributed by atoms with Gasteiger partial charge in [0.2, 0.25) is 0 Å². The van der Waals surface area contributed by atoms with Gasteiger partial charge in [-0.3, -0.25) is 0 Å². The second-order valence-corrected chi connectivity index (χ2v) is 4.97. The number of oxazole rings is 1. The molecule has 86 valence electrons. The Morgan fingerprint density at radius 1 is 1.20 bits per heavy atom. The van der Waals surface area contributed by atoms with Gasteiger partial charge in [-0.05, 0) is 0 Å². The Hall–Kier alpha value is -0.930. The minimum Gasteiger partial charge on any atom is -0.444 e. The van der Waals surface area contributed by atoms with Crippen LogP contribution in [0.3, 0.4) is 0 Å². The molecule has 0 saturated carbocycles. The number of halogens is 2. The predicted octanol–water partition coefficient (Wildman–Crippen LogP) is 4.03. The van der Waals surface area contributed by atoms with Crippen molar-refractivity contribution in [2.45, 2.75) is 52.4 Å². The van der Waals surface area contributed by atoms with Gasteiger partial charge in [-0.2, -0.15) is 0 Å². The number of alkyl halides is 2. The maximum Gasteiger partial charge on any atom is 0.283 e. The lowest BCUT2D eigenvalue weighted by Gasteiger charge is -2.12. The maximum atomic E-state index is 12.7. The van der Waals surface area contributed by atoms with E-state index >= 15 is 0 Å². The monoisotopic (exact) mass is 217 g/mol. The van der Waals surface area contributed by atoms with Crippen LogP contribution in [-0.4, -0.2) is 4.98 Å². The van der Waals surface area contributed by atoms with Crippen LogP contribution in [0.15, 0.2) is 4.42 Å². The molecule has 1 heterocycles. The van der Waals surface area contributed by atoms with Gasteiger partial charge in [0.25, 0.3) is 6.43 Å². The number of rotatable bonds is 2. The average molecular weight is 217 g/mol. The lowest BCUT2D eigenvalue weighted by atomic mass is 9.97. The van der Waals surface area contributed by atoms with Gasteiger partial charge in [-0.15, -0.1) is 0 Å². The Morgan fingerprint density at radius 2 is 1.73 bits per heavy atom. The average Bonchev–Trinajstić information content (AvgIpc) is 2.45. The Kier molecular flexibility index (Phi) is 3.16. The molecule has 0 radical (unpaired) electrons. The third-order valence-electron chi connectivity index (χ3n) is 2.05. The normalized spacial score (nSPS) is 12.9. The van der Waals surface area contributed by atoms with E-state index in [0.29, 0.717) is 11.7 Å². The van der Waals surface area contributed by atoms with Gasteiger partial charge in [0.15, 0.2) is 5.89 Å². The Bertz CT molecular complexity index is 311. The van der Waals surface area contributed by atoms with Crippen LogP contribution in [0.1, 0.15) is 64.3 Å². The van der Waals surface area contributed by atoms with Crippen LogP contribution in [-0.2, 0) is 5.41 Å². The second-order valence-electron chi connectivity index (χ2n) is 4.97. The molecule has 1 aromatic rings. The first-order valence-corrected chi connectivity index (χ1v) is 5.02. The van der Waals surface area contributed by atoms with Crippen LogP contribution < -0.4 is 0 Å². The van der Waals surface area contributed by atoms with E-state index in [2.05, 4.69) is 4.98 Å². The van der Waals surface area contributed by atoms with Gasteiger partial charge in [0, 0.05) is 11.3 Å². The molecule has 15 heavy (non-hydrogen) atoms. The molecule has 0 unspecified atom stereocenters. The molecule has 1 aromatic heterocycles. The van der Waals surface area contributed by atoms with Crippen molar-refractivity contribution in [3.63, 3.8) is 0 Å². The van der Waals surface area contributed by atoms with E-state index in [1.165, 1.54) is 0 Å². The molecule has 0 N–H and O–H groups in total. The smallest absolute Gasteiger partial charge is 0.283 e. The highest BCUT2D eigenvalue weighted by molar-refractivity contribution is 5.17. The zero-order valence-electron chi connectivity index (χ0n) is 9.77. The predicted molar refractivity (Wildman–Crippen MR) is 54.2 cm³/mol. The molecule has 4 heteroatoms. The number of aromatic nitrogens is 1. The third-order valence-corrected chi connectivity index (χ3v) is 2.05. The number of hydrogen-bond donors (Lipinski definition) is 0. The van der Waals surface area contributed by atoms with Crippen molar-refractivity contribution in [3.05, 3.63) is 17.3 Å². The first kappa shape index (κ1) is 12.1. The van der Waals surface area contributed by atoms with E-state index in [1.54, 1.807) is 0 Å².